The molecule has 0 unspecified atom stereocenters. The summed E-state index contributed by atoms with van der Waals surface area (Å²) in [5.74, 6) is -0.809. The van der Waals surface area contributed by atoms with Gasteiger partial charge in [-0.3, -0.25) is 14.7 Å². The van der Waals surface area contributed by atoms with Gasteiger partial charge in [0.2, 0.25) is 0 Å². The van der Waals surface area contributed by atoms with E-state index in [2.05, 4.69) is 20.8 Å². The molecular formula is C19H12ClFN4O2S. The van der Waals surface area contributed by atoms with Crippen LogP contribution in [-0.2, 0) is 0 Å². The van der Waals surface area contributed by atoms with Crippen molar-refractivity contribution in [2.45, 2.75) is 0 Å². The molecule has 2 aromatic heterocycles. The molecule has 0 saturated carbocycles. The Balaban J connectivity index is 1.55. The summed E-state index contributed by atoms with van der Waals surface area (Å²) >= 11 is 7.07. The van der Waals surface area contributed by atoms with Gasteiger partial charge in [-0.05, 0) is 42.5 Å². The van der Waals surface area contributed by atoms with Crippen LogP contribution < -0.4 is 10.6 Å². The van der Waals surface area contributed by atoms with Gasteiger partial charge in [0.15, 0.2) is 0 Å². The van der Waals surface area contributed by atoms with Gasteiger partial charge in [-0.2, -0.15) is 5.10 Å². The van der Waals surface area contributed by atoms with Crippen LogP contribution in [0.5, 0.6) is 0 Å². The van der Waals surface area contributed by atoms with Crippen molar-refractivity contribution < 1.29 is 14.0 Å². The van der Waals surface area contributed by atoms with Crippen LogP contribution in [-0.4, -0.2) is 22.0 Å². The third-order valence-electron chi connectivity index (χ3n) is 3.88. The molecule has 2 heterocycles. The number of aromatic nitrogens is 2. The van der Waals surface area contributed by atoms with Crippen molar-refractivity contribution in [3.63, 3.8) is 0 Å². The van der Waals surface area contributed by atoms with E-state index in [0.717, 1.165) is 11.3 Å². The molecule has 4 rings (SSSR count). The Hall–Kier alpha value is -3.23. The van der Waals surface area contributed by atoms with E-state index < -0.39 is 5.82 Å². The molecule has 0 fully saturated rings. The fraction of sp³-hybridized carbons (Fsp3) is 0. The molecule has 0 bridgehead atoms. The highest BCUT2D eigenvalue weighted by molar-refractivity contribution is 7.20. The summed E-state index contributed by atoms with van der Waals surface area (Å²) in [7, 11) is 0. The summed E-state index contributed by atoms with van der Waals surface area (Å²) in [5.41, 5.74) is 0.752. The van der Waals surface area contributed by atoms with E-state index in [4.69, 9.17) is 11.6 Å². The Labute approximate surface area is 167 Å². The average Bonchev–Trinajstić information content (AvgIpc) is 3.24. The van der Waals surface area contributed by atoms with Gasteiger partial charge in [0, 0.05) is 16.3 Å². The SMILES string of the molecule is O=C(Nc1[nH]nc2sc(C(=O)Nc3cccc(F)c3)cc12)c1cccc(Cl)c1. The molecule has 0 aliphatic rings. The first-order chi connectivity index (χ1) is 13.5. The van der Waals surface area contributed by atoms with E-state index in [1.807, 2.05) is 0 Å². The number of hydrogen-bond acceptors (Lipinski definition) is 4. The minimum atomic E-state index is -0.440. The van der Waals surface area contributed by atoms with Crippen molar-refractivity contribution in [1.82, 2.24) is 10.2 Å². The predicted octanol–water partition coefficient (Wildman–Crippen LogP) is 4.92. The van der Waals surface area contributed by atoms with Gasteiger partial charge in [-0.15, -0.1) is 11.3 Å². The molecule has 0 aliphatic carbocycles. The van der Waals surface area contributed by atoms with Crippen LogP contribution in [0.4, 0.5) is 15.9 Å². The van der Waals surface area contributed by atoms with Gasteiger partial charge in [0.25, 0.3) is 11.8 Å². The second-order valence-electron chi connectivity index (χ2n) is 5.86. The number of fused-ring (bicyclic) bond motifs is 1. The number of carbonyl (C=O) groups is 2. The van der Waals surface area contributed by atoms with Crippen LogP contribution in [0.1, 0.15) is 20.0 Å². The number of benzene rings is 2. The van der Waals surface area contributed by atoms with Crippen molar-refractivity contribution in [1.29, 1.82) is 0 Å². The summed E-state index contributed by atoms with van der Waals surface area (Å²) in [6.45, 7) is 0. The summed E-state index contributed by atoms with van der Waals surface area (Å²) in [6, 6.07) is 13.8. The standard InChI is InChI=1S/C19H12ClFN4O2S/c20-11-4-1-3-10(7-11)17(26)23-16-14-9-15(28-19(14)25-24-16)18(27)22-13-6-2-5-12(21)8-13/h1-9H,(H,22,27)(H2,23,24,25,26). The van der Waals surface area contributed by atoms with E-state index in [-0.39, 0.29) is 11.8 Å². The fourth-order valence-corrected chi connectivity index (χ4v) is 3.67. The highest BCUT2D eigenvalue weighted by atomic mass is 35.5. The zero-order valence-corrected chi connectivity index (χ0v) is 15.7. The van der Waals surface area contributed by atoms with E-state index in [0.29, 0.717) is 37.2 Å². The number of amides is 2. The molecule has 3 N–H and O–H groups in total. The first-order valence-corrected chi connectivity index (χ1v) is 9.31. The minimum Gasteiger partial charge on any atom is -0.321 e. The quantitative estimate of drug-likeness (QED) is 0.443. The molecule has 2 aromatic carbocycles. The first-order valence-electron chi connectivity index (χ1n) is 8.11. The fourth-order valence-electron chi connectivity index (χ4n) is 2.59. The van der Waals surface area contributed by atoms with E-state index in [9.17, 15) is 14.0 Å². The predicted molar refractivity (Wildman–Crippen MR) is 108 cm³/mol. The highest BCUT2D eigenvalue weighted by Gasteiger charge is 2.17. The summed E-state index contributed by atoms with van der Waals surface area (Å²) in [5, 5.41) is 13.3. The number of hydrogen-bond donors (Lipinski definition) is 3. The molecule has 4 aromatic rings. The number of halogens is 2. The smallest absolute Gasteiger partial charge is 0.265 e. The maximum atomic E-state index is 13.3. The van der Waals surface area contributed by atoms with Crippen molar-refractivity contribution in [3.8, 4) is 0 Å². The third kappa shape index (κ3) is 3.73. The zero-order chi connectivity index (χ0) is 19.7. The van der Waals surface area contributed by atoms with Gasteiger partial charge in [0.05, 0.1) is 10.3 Å². The van der Waals surface area contributed by atoms with Gasteiger partial charge >= 0.3 is 0 Å². The maximum absolute atomic E-state index is 13.3. The monoisotopic (exact) mass is 414 g/mol. The second kappa shape index (κ2) is 7.41. The summed E-state index contributed by atoms with van der Waals surface area (Å²) in [4.78, 5) is 25.8. The molecular weight excluding hydrogens is 403 g/mol. The Kier molecular flexibility index (Phi) is 4.81. The van der Waals surface area contributed by atoms with Crippen LogP contribution in [0.2, 0.25) is 5.02 Å². The number of rotatable bonds is 4. The van der Waals surface area contributed by atoms with Gasteiger partial charge in [0.1, 0.15) is 16.5 Å². The van der Waals surface area contributed by atoms with Gasteiger partial charge < -0.3 is 10.6 Å². The van der Waals surface area contributed by atoms with Crippen molar-refractivity contribution in [2.75, 3.05) is 10.6 Å². The van der Waals surface area contributed by atoms with E-state index in [1.165, 1.54) is 18.2 Å². The number of nitrogens with zero attached hydrogens (tertiary/aromatic N) is 1. The Bertz CT molecular complexity index is 1200. The topological polar surface area (TPSA) is 86.9 Å². The maximum Gasteiger partial charge on any atom is 0.265 e. The largest absolute Gasteiger partial charge is 0.321 e. The van der Waals surface area contributed by atoms with E-state index in [1.54, 1.807) is 36.4 Å². The third-order valence-corrected chi connectivity index (χ3v) is 5.15. The lowest BCUT2D eigenvalue weighted by Crippen LogP contribution is -2.12. The lowest BCUT2D eigenvalue weighted by atomic mass is 10.2. The Morgan fingerprint density at radius 1 is 1.04 bits per heavy atom. The molecule has 0 spiro atoms. The van der Waals surface area contributed by atoms with E-state index >= 15 is 0 Å². The molecule has 0 aliphatic heterocycles. The number of anilines is 2. The molecule has 28 heavy (non-hydrogen) atoms. The number of carbonyl (C=O) groups excluding carboxylic acids is 2. The average molecular weight is 415 g/mol. The summed E-state index contributed by atoms with van der Waals surface area (Å²) < 4.78 is 13.3. The van der Waals surface area contributed by atoms with Crippen LogP contribution in [0.25, 0.3) is 10.2 Å². The van der Waals surface area contributed by atoms with Crippen LogP contribution in [0.15, 0.2) is 54.6 Å². The van der Waals surface area contributed by atoms with Crippen molar-refractivity contribution >= 4 is 56.5 Å². The second-order valence-corrected chi connectivity index (χ2v) is 7.32. The van der Waals surface area contributed by atoms with Gasteiger partial charge in [-0.25, -0.2) is 4.39 Å². The zero-order valence-electron chi connectivity index (χ0n) is 14.1. The van der Waals surface area contributed by atoms with Crippen molar-refractivity contribution in [3.05, 3.63) is 75.9 Å². The van der Waals surface area contributed by atoms with Crippen LogP contribution >= 0.6 is 22.9 Å². The number of thiophene rings is 1. The van der Waals surface area contributed by atoms with Crippen molar-refractivity contribution in [2.24, 2.45) is 0 Å². The lowest BCUT2D eigenvalue weighted by molar-refractivity contribution is 0.102. The molecule has 0 radical (unpaired) electrons. The summed E-state index contributed by atoms with van der Waals surface area (Å²) in [6.07, 6.45) is 0. The molecule has 2 amide bonds. The number of H-pyrrole nitrogens is 1. The molecule has 140 valence electrons. The lowest BCUT2D eigenvalue weighted by Gasteiger charge is -2.04. The molecule has 0 atom stereocenters. The van der Waals surface area contributed by atoms with Crippen LogP contribution in [0.3, 0.4) is 0 Å². The molecule has 0 saturated heterocycles. The van der Waals surface area contributed by atoms with Gasteiger partial charge in [-0.1, -0.05) is 23.7 Å². The minimum absolute atomic E-state index is 0.354. The highest BCUT2D eigenvalue weighted by Crippen LogP contribution is 2.30. The van der Waals surface area contributed by atoms with Crippen LogP contribution in [0, 0.1) is 5.82 Å². The molecule has 6 nitrogen and oxygen atoms in total. The number of aromatic amines is 1. The normalized spacial score (nSPS) is 10.8. The molecule has 9 heteroatoms. The Morgan fingerprint density at radius 3 is 2.64 bits per heavy atom. The first kappa shape index (κ1) is 18.1. The number of nitrogens with one attached hydrogen (secondary N) is 3. The Morgan fingerprint density at radius 2 is 1.86 bits per heavy atom.